The maximum absolute atomic E-state index is 12.3. The van der Waals surface area contributed by atoms with Crippen molar-refractivity contribution < 1.29 is 17.9 Å². The van der Waals surface area contributed by atoms with E-state index >= 15 is 0 Å². The number of nitrogens with two attached hydrogens (primary N) is 1. The number of ether oxygens (including phenoxy) is 1. The quantitative estimate of drug-likeness (QED) is 0.791. The van der Waals surface area contributed by atoms with Gasteiger partial charge in [-0.1, -0.05) is 19.1 Å². The van der Waals surface area contributed by atoms with Gasteiger partial charge in [-0.3, -0.25) is 4.79 Å². The molecule has 1 aliphatic carbocycles. The Kier molecular flexibility index (Phi) is 5.82. The molecule has 0 heterocycles. The molecule has 1 fully saturated rings. The maximum atomic E-state index is 12.3. The maximum Gasteiger partial charge on any atom is 0.227 e. The van der Waals surface area contributed by atoms with E-state index in [4.69, 9.17) is 10.5 Å². The van der Waals surface area contributed by atoms with Crippen LogP contribution in [0.25, 0.3) is 0 Å². The monoisotopic (exact) mass is 388 g/mol. The van der Waals surface area contributed by atoms with E-state index in [1.54, 1.807) is 49.4 Å². The Morgan fingerprint density at radius 2 is 1.85 bits per heavy atom. The third-order valence-corrected chi connectivity index (χ3v) is 6.53. The predicted octanol–water partition coefficient (Wildman–Crippen LogP) is 3.34. The highest BCUT2D eigenvalue weighted by Gasteiger charge is 2.27. The van der Waals surface area contributed by atoms with Crippen LogP contribution in [0.2, 0.25) is 0 Å². The number of hydrogen-bond acceptors (Lipinski definition) is 5. The zero-order valence-electron chi connectivity index (χ0n) is 15.2. The van der Waals surface area contributed by atoms with E-state index in [-0.39, 0.29) is 34.3 Å². The first-order chi connectivity index (χ1) is 12.9. The van der Waals surface area contributed by atoms with Crippen LogP contribution in [0.5, 0.6) is 11.5 Å². The fraction of sp³-hybridized carbons (Fsp3) is 0.350. The van der Waals surface area contributed by atoms with Crippen molar-refractivity contribution in [1.82, 2.24) is 0 Å². The van der Waals surface area contributed by atoms with Crippen LogP contribution in [0.15, 0.2) is 53.4 Å². The van der Waals surface area contributed by atoms with Gasteiger partial charge >= 0.3 is 0 Å². The summed E-state index contributed by atoms with van der Waals surface area (Å²) in [7, 11) is -3.38. The Labute approximate surface area is 159 Å². The van der Waals surface area contributed by atoms with Crippen molar-refractivity contribution in [2.24, 2.45) is 11.7 Å². The molecule has 1 amide bonds. The number of carbonyl (C=O) groups is 1. The Morgan fingerprint density at radius 1 is 1.15 bits per heavy atom. The topological polar surface area (TPSA) is 98.5 Å². The van der Waals surface area contributed by atoms with E-state index in [0.717, 1.165) is 19.3 Å². The molecule has 2 aromatic rings. The van der Waals surface area contributed by atoms with E-state index in [2.05, 4.69) is 5.32 Å². The Hall–Kier alpha value is -2.38. The van der Waals surface area contributed by atoms with Crippen molar-refractivity contribution in [2.75, 3.05) is 11.1 Å². The van der Waals surface area contributed by atoms with Crippen LogP contribution < -0.4 is 15.8 Å². The van der Waals surface area contributed by atoms with Crippen LogP contribution in [0.1, 0.15) is 26.2 Å². The lowest BCUT2D eigenvalue weighted by Gasteiger charge is -2.13. The lowest BCUT2D eigenvalue weighted by molar-refractivity contribution is -0.119. The number of amides is 1. The van der Waals surface area contributed by atoms with Gasteiger partial charge in [-0.25, -0.2) is 8.42 Å². The molecule has 1 saturated carbocycles. The van der Waals surface area contributed by atoms with Gasteiger partial charge in [0.2, 0.25) is 5.91 Å². The van der Waals surface area contributed by atoms with Gasteiger partial charge in [0.15, 0.2) is 9.84 Å². The van der Waals surface area contributed by atoms with E-state index in [9.17, 15) is 13.2 Å². The first-order valence-electron chi connectivity index (χ1n) is 9.05. The molecule has 2 atom stereocenters. The van der Waals surface area contributed by atoms with Crippen LogP contribution in [0.3, 0.4) is 0 Å². The Balaban J connectivity index is 1.69. The fourth-order valence-corrected chi connectivity index (χ4v) is 4.19. The third kappa shape index (κ3) is 4.67. The van der Waals surface area contributed by atoms with Crippen molar-refractivity contribution in [3.05, 3.63) is 48.5 Å². The van der Waals surface area contributed by atoms with Crippen molar-refractivity contribution in [1.29, 1.82) is 0 Å². The van der Waals surface area contributed by atoms with Gasteiger partial charge in [-0.15, -0.1) is 0 Å². The van der Waals surface area contributed by atoms with Crippen molar-refractivity contribution in [2.45, 2.75) is 37.1 Å². The fourth-order valence-electron chi connectivity index (χ4n) is 3.18. The molecule has 7 heteroatoms. The Bertz CT molecular complexity index is 910. The zero-order valence-corrected chi connectivity index (χ0v) is 16.0. The van der Waals surface area contributed by atoms with Crippen LogP contribution >= 0.6 is 0 Å². The number of carbonyl (C=O) groups excluding carboxylic acids is 1. The lowest BCUT2D eigenvalue weighted by atomic mass is 10.1. The van der Waals surface area contributed by atoms with Gasteiger partial charge in [-0.05, 0) is 55.7 Å². The molecular formula is C20H24N2O4S. The van der Waals surface area contributed by atoms with Crippen molar-refractivity contribution >= 4 is 21.4 Å². The number of benzene rings is 2. The van der Waals surface area contributed by atoms with Crippen LogP contribution in [-0.2, 0) is 14.6 Å². The largest absolute Gasteiger partial charge is 0.456 e. The highest BCUT2D eigenvalue weighted by molar-refractivity contribution is 7.91. The molecule has 1 aliphatic rings. The van der Waals surface area contributed by atoms with Gasteiger partial charge < -0.3 is 15.8 Å². The van der Waals surface area contributed by atoms with E-state index in [1.807, 2.05) is 0 Å². The lowest BCUT2D eigenvalue weighted by Crippen LogP contribution is -2.23. The van der Waals surface area contributed by atoms with Gasteiger partial charge in [-0.2, -0.15) is 0 Å². The number of rotatable bonds is 6. The summed E-state index contributed by atoms with van der Waals surface area (Å²) >= 11 is 0. The number of para-hydroxylation sites is 1. The summed E-state index contributed by atoms with van der Waals surface area (Å²) in [5.41, 5.74) is 6.53. The summed E-state index contributed by atoms with van der Waals surface area (Å²) in [6.45, 7) is 1.60. The van der Waals surface area contributed by atoms with Gasteiger partial charge in [0.25, 0.3) is 0 Å². The number of hydrogen-bond donors (Lipinski definition) is 2. The third-order valence-electron chi connectivity index (χ3n) is 4.76. The molecule has 0 saturated heterocycles. The Morgan fingerprint density at radius 3 is 2.48 bits per heavy atom. The highest BCUT2D eigenvalue weighted by Crippen LogP contribution is 2.30. The minimum atomic E-state index is -3.38. The highest BCUT2D eigenvalue weighted by atomic mass is 32.2. The summed E-state index contributed by atoms with van der Waals surface area (Å²) in [6.07, 6.45) is 2.41. The predicted molar refractivity (Wildman–Crippen MR) is 105 cm³/mol. The molecule has 144 valence electrons. The summed E-state index contributed by atoms with van der Waals surface area (Å²) in [6, 6.07) is 13.5. The molecule has 0 spiro atoms. The van der Waals surface area contributed by atoms with E-state index in [1.165, 1.54) is 6.07 Å². The summed E-state index contributed by atoms with van der Waals surface area (Å²) in [5, 5.41) is 2.89. The number of anilines is 1. The second kappa shape index (κ2) is 8.10. The second-order valence-electron chi connectivity index (χ2n) is 6.74. The van der Waals surface area contributed by atoms with Crippen LogP contribution in [-0.4, -0.2) is 26.1 Å². The van der Waals surface area contributed by atoms with Crippen LogP contribution in [0, 0.1) is 5.92 Å². The molecular weight excluding hydrogens is 364 g/mol. The molecule has 3 rings (SSSR count). The molecule has 3 N–H and O–H groups in total. The summed E-state index contributed by atoms with van der Waals surface area (Å²) < 4.78 is 30.2. The van der Waals surface area contributed by atoms with E-state index < -0.39 is 9.84 Å². The zero-order chi connectivity index (χ0) is 19.4. The smallest absolute Gasteiger partial charge is 0.227 e. The average Bonchev–Trinajstić information content (AvgIpc) is 3.10. The van der Waals surface area contributed by atoms with Crippen molar-refractivity contribution in [3.8, 4) is 11.5 Å². The number of sulfone groups is 1. The van der Waals surface area contributed by atoms with Gasteiger partial charge in [0.05, 0.1) is 5.75 Å². The average molecular weight is 388 g/mol. The first-order valence-corrected chi connectivity index (χ1v) is 10.7. The van der Waals surface area contributed by atoms with Crippen molar-refractivity contribution in [3.63, 3.8) is 0 Å². The van der Waals surface area contributed by atoms with E-state index in [0.29, 0.717) is 11.4 Å². The normalized spacial score (nSPS) is 19.6. The minimum absolute atomic E-state index is 0.00314. The molecule has 0 aromatic heterocycles. The van der Waals surface area contributed by atoms with Gasteiger partial charge in [0.1, 0.15) is 16.4 Å². The first kappa shape index (κ1) is 19.4. The second-order valence-corrected chi connectivity index (χ2v) is 8.98. The molecule has 2 aromatic carbocycles. The standard InChI is InChI=1S/C20H24N2O4S/c1-2-27(24,25)19-6-4-3-5-18(19)26-17-11-9-16(10-12-17)22-20(23)14-7-8-15(21)13-14/h3-6,9-12,14-15H,2,7-8,13,21H2,1H3,(H,22,23). The van der Waals surface area contributed by atoms with Gasteiger partial charge in [0, 0.05) is 17.6 Å². The molecule has 6 nitrogen and oxygen atoms in total. The molecule has 0 bridgehead atoms. The summed E-state index contributed by atoms with van der Waals surface area (Å²) in [5.74, 6) is 0.729. The number of nitrogens with one attached hydrogen (secondary N) is 1. The van der Waals surface area contributed by atoms with Crippen LogP contribution in [0.4, 0.5) is 5.69 Å². The molecule has 27 heavy (non-hydrogen) atoms. The molecule has 0 aliphatic heterocycles. The SMILES string of the molecule is CCS(=O)(=O)c1ccccc1Oc1ccc(NC(=O)C2CCC(N)C2)cc1. The molecule has 2 unspecified atom stereocenters. The minimum Gasteiger partial charge on any atom is -0.456 e. The molecule has 0 radical (unpaired) electrons. The summed E-state index contributed by atoms with van der Waals surface area (Å²) in [4.78, 5) is 12.4.